The van der Waals surface area contributed by atoms with Crippen LogP contribution >= 0.6 is 0 Å². The van der Waals surface area contributed by atoms with Crippen molar-refractivity contribution < 1.29 is 24.9 Å². The Morgan fingerprint density at radius 2 is 1.65 bits per heavy atom. The summed E-state index contributed by atoms with van der Waals surface area (Å²) in [5.41, 5.74) is 9.09. The summed E-state index contributed by atoms with van der Waals surface area (Å²) in [6.07, 6.45) is 9.14. The molecule has 0 spiro atoms. The van der Waals surface area contributed by atoms with Crippen LogP contribution in [-0.4, -0.2) is 48.3 Å². The van der Waals surface area contributed by atoms with E-state index in [2.05, 4.69) is 46.8 Å². The van der Waals surface area contributed by atoms with Gasteiger partial charge in [0.1, 0.15) is 11.7 Å². The Labute approximate surface area is 248 Å². The van der Waals surface area contributed by atoms with Crippen LogP contribution in [0.15, 0.2) is 12.3 Å². The van der Waals surface area contributed by atoms with Crippen molar-refractivity contribution in [1.29, 1.82) is 0 Å². The predicted molar refractivity (Wildman–Crippen MR) is 167 cm³/mol. The molecule has 1 aliphatic carbocycles. The van der Waals surface area contributed by atoms with E-state index in [0.29, 0.717) is 22.6 Å². The van der Waals surface area contributed by atoms with E-state index in [1.54, 1.807) is 0 Å². The first-order valence-corrected chi connectivity index (χ1v) is 14.8. The first kappa shape index (κ1) is 28.5. The van der Waals surface area contributed by atoms with Gasteiger partial charge in [0.2, 0.25) is 0 Å². The van der Waals surface area contributed by atoms with Gasteiger partial charge in [-0.2, -0.15) is 0 Å². The van der Waals surface area contributed by atoms with Crippen molar-refractivity contribution >= 4 is 47.6 Å². The molecule has 7 N–H and O–H groups in total. The molecule has 4 atom stereocenters. The van der Waals surface area contributed by atoms with Crippen LogP contribution in [0, 0.1) is 38.5 Å². The number of aliphatic hydroxyl groups is 1. The Kier molecular flexibility index (Phi) is 6.79. The molecule has 9 heteroatoms. The molecular formula is C34H38N4O5. The molecule has 0 amide bonds. The molecule has 5 heterocycles. The lowest BCUT2D eigenvalue weighted by Crippen LogP contribution is -2.37. The highest BCUT2D eigenvalue weighted by atomic mass is 16.4. The van der Waals surface area contributed by atoms with Gasteiger partial charge in [0.15, 0.2) is 0 Å². The minimum absolute atomic E-state index is 0.0495. The zero-order valence-electron chi connectivity index (χ0n) is 25.1. The lowest BCUT2D eigenvalue weighted by Gasteiger charge is -2.25. The average Bonchev–Trinajstić information content (AvgIpc) is 3.68. The van der Waals surface area contributed by atoms with Crippen molar-refractivity contribution in [2.75, 3.05) is 0 Å². The third-order valence-corrected chi connectivity index (χ3v) is 9.83. The van der Waals surface area contributed by atoms with E-state index >= 15 is 0 Å². The minimum atomic E-state index is -1.24. The van der Waals surface area contributed by atoms with E-state index in [9.17, 15) is 24.9 Å². The van der Waals surface area contributed by atoms with Crippen molar-refractivity contribution in [3.63, 3.8) is 0 Å². The van der Waals surface area contributed by atoms with Crippen LogP contribution in [0.1, 0.15) is 71.6 Å². The Morgan fingerprint density at radius 1 is 0.953 bits per heavy atom. The summed E-state index contributed by atoms with van der Waals surface area (Å²) in [5.74, 6) is -3.80. The lowest BCUT2D eigenvalue weighted by molar-refractivity contribution is -0.139. The van der Waals surface area contributed by atoms with Gasteiger partial charge in [-0.15, -0.1) is 0 Å². The van der Waals surface area contributed by atoms with Crippen LogP contribution < -0.4 is 26.6 Å². The largest absolute Gasteiger partial charge is 0.510 e. The predicted octanol–water partition coefficient (Wildman–Crippen LogP) is 2.43. The van der Waals surface area contributed by atoms with E-state index in [1.807, 2.05) is 39.0 Å². The first-order chi connectivity index (χ1) is 20.5. The van der Waals surface area contributed by atoms with Crippen LogP contribution in [0.2, 0.25) is 0 Å². The summed E-state index contributed by atoms with van der Waals surface area (Å²) in [5, 5.41) is 38.0. The number of rotatable bonds is 6. The number of fused-ring (bicyclic) bond motifs is 8. The van der Waals surface area contributed by atoms with Crippen molar-refractivity contribution in [3.05, 3.63) is 78.4 Å². The summed E-state index contributed by atoms with van der Waals surface area (Å²) < 4.78 is 0. The van der Waals surface area contributed by atoms with Gasteiger partial charge in [-0.1, -0.05) is 26.5 Å². The second-order valence-electron chi connectivity index (χ2n) is 12.0. The second-order valence-corrected chi connectivity index (χ2v) is 12.0. The van der Waals surface area contributed by atoms with Crippen molar-refractivity contribution in [2.24, 2.45) is 17.8 Å². The van der Waals surface area contributed by atoms with Crippen LogP contribution in [0.5, 0.6) is 0 Å². The molecule has 1 unspecified atom stereocenters. The van der Waals surface area contributed by atoms with Crippen molar-refractivity contribution in [3.8, 4) is 0 Å². The van der Waals surface area contributed by atoms with Gasteiger partial charge in [0, 0.05) is 56.6 Å². The number of carbonyl (C=O) groups is 2. The molecule has 8 bridgehead atoms. The highest BCUT2D eigenvalue weighted by Crippen LogP contribution is 2.42. The molecular weight excluding hydrogens is 544 g/mol. The molecule has 43 heavy (non-hydrogen) atoms. The number of aliphatic carboxylic acids is 2. The van der Waals surface area contributed by atoms with E-state index < -0.39 is 23.9 Å². The average molecular weight is 583 g/mol. The monoisotopic (exact) mass is 582 g/mol. The van der Waals surface area contributed by atoms with E-state index in [-0.39, 0.29) is 24.0 Å². The number of nitrogens with one attached hydrogen (secondary N) is 4. The van der Waals surface area contributed by atoms with Crippen molar-refractivity contribution in [1.82, 2.24) is 20.3 Å². The van der Waals surface area contributed by atoms with Crippen molar-refractivity contribution in [2.45, 2.75) is 59.9 Å². The Hall–Kier alpha value is -4.66. The fraction of sp³-hybridized carbons (Fsp3) is 0.353. The Bertz CT molecular complexity index is 2000. The quantitative estimate of drug-likeness (QED) is 0.237. The van der Waals surface area contributed by atoms with Gasteiger partial charge in [-0.25, -0.2) is 0 Å². The molecule has 1 saturated heterocycles. The van der Waals surface area contributed by atoms with Crippen LogP contribution in [0.25, 0.3) is 35.6 Å². The lowest BCUT2D eigenvalue weighted by atomic mass is 9.80. The number of H-pyrrole nitrogens is 3. The summed E-state index contributed by atoms with van der Waals surface area (Å²) >= 11 is 0. The number of aromatic amines is 3. The second kappa shape index (κ2) is 10.3. The molecule has 9 nitrogen and oxygen atoms in total. The Balaban J connectivity index is 1.73. The zero-order valence-corrected chi connectivity index (χ0v) is 25.1. The standard InChI is InChI=1S/C34H38N4O5/c1-7-18-14(3)21-11-23-16(5)20(9-10-27(39)40)31(37-23)29-30(34(42)43)33(41)28-17(6)24(38-32(28)29)13-26-19(8-2)15(4)22(36-26)12-25(18)35-21/h7,11-13,16,20,30-31,35-38,41H,1,8-10H2,2-6H3,(H,39,40)(H,42,43)/b22-12-,23-11-,26-13-/t16-,20-,30+,31?/m0/s1. The van der Waals surface area contributed by atoms with Gasteiger partial charge >= 0.3 is 11.9 Å². The van der Waals surface area contributed by atoms with Gasteiger partial charge < -0.3 is 35.6 Å². The molecule has 0 aromatic carbocycles. The number of aliphatic hydroxyl groups excluding tert-OH is 1. The highest BCUT2D eigenvalue weighted by Gasteiger charge is 2.46. The first-order valence-electron chi connectivity index (χ1n) is 14.8. The molecule has 3 aliphatic rings. The smallest absolute Gasteiger partial charge is 0.318 e. The molecule has 6 rings (SSSR count). The number of aromatic nitrogens is 3. The van der Waals surface area contributed by atoms with Crippen LogP contribution in [0.3, 0.4) is 0 Å². The number of carboxylic acids is 2. The van der Waals surface area contributed by atoms with Crippen LogP contribution in [-0.2, 0) is 16.0 Å². The Morgan fingerprint density at radius 3 is 2.30 bits per heavy atom. The molecule has 1 fully saturated rings. The molecule has 3 aromatic heterocycles. The summed E-state index contributed by atoms with van der Waals surface area (Å²) in [7, 11) is 0. The topological polar surface area (TPSA) is 154 Å². The minimum Gasteiger partial charge on any atom is -0.510 e. The summed E-state index contributed by atoms with van der Waals surface area (Å²) in [6, 6.07) is -0.505. The zero-order chi connectivity index (χ0) is 30.9. The van der Waals surface area contributed by atoms with E-state index in [4.69, 9.17) is 0 Å². The van der Waals surface area contributed by atoms with Gasteiger partial charge in [0.25, 0.3) is 0 Å². The van der Waals surface area contributed by atoms with Gasteiger partial charge in [-0.3, -0.25) is 9.59 Å². The molecule has 0 saturated carbocycles. The summed E-state index contributed by atoms with van der Waals surface area (Å²) in [6.45, 7) is 14.3. The number of carboxylic acid groups (broad SMARTS) is 2. The fourth-order valence-corrected chi connectivity index (χ4v) is 7.46. The number of hydrogen-bond acceptors (Lipinski definition) is 4. The molecule has 2 aliphatic heterocycles. The molecule has 0 radical (unpaired) electrons. The van der Waals surface area contributed by atoms with Gasteiger partial charge in [-0.05, 0) is 85.6 Å². The number of allylic oxidation sites excluding steroid dienone is 1. The summed E-state index contributed by atoms with van der Waals surface area (Å²) in [4.78, 5) is 35.0. The highest BCUT2D eigenvalue weighted by molar-refractivity contribution is 5.94. The van der Waals surface area contributed by atoms with Gasteiger partial charge in [0.05, 0.1) is 11.4 Å². The number of hydrogen-bond donors (Lipinski definition) is 7. The normalized spacial score (nSPS) is 24.9. The van der Waals surface area contributed by atoms with E-state index in [0.717, 1.165) is 62.2 Å². The SMILES string of the molecule is C=Cc1c2[nH]c(c1C)/C=C1\NC(C3=c4[nH]c(c(C)c4=C(O)[C@@H]3C(=O)O)/C=c3\[nH]/c(c(C)c3CC)=C\2)[C@@H](CCC(=O)O)[C@@H]1C. The third-order valence-electron chi connectivity index (χ3n) is 9.83. The third kappa shape index (κ3) is 4.28. The maximum absolute atomic E-state index is 12.7. The maximum atomic E-state index is 12.7. The molecule has 224 valence electrons. The molecule has 3 aromatic rings. The van der Waals surface area contributed by atoms with Crippen LogP contribution in [0.4, 0.5) is 0 Å². The maximum Gasteiger partial charge on any atom is 0.318 e. The van der Waals surface area contributed by atoms with E-state index in [1.165, 1.54) is 5.56 Å². The fourth-order valence-electron chi connectivity index (χ4n) is 7.46.